The van der Waals surface area contributed by atoms with Crippen LogP contribution in [0.25, 0.3) is 0 Å². The van der Waals surface area contributed by atoms with Gasteiger partial charge in [0.25, 0.3) is 0 Å². The van der Waals surface area contributed by atoms with Crippen LogP contribution in [0.1, 0.15) is 52.1 Å². The number of hydrogen-bond donors (Lipinski definition) is 1. The molecule has 1 aliphatic heterocycles. The van der Waals surface area contributed by atoms with Crippen LogP contribution in [0.15, 0.2) is 24.3 Å². The Kier molecular flexibility index (Phi) is 4.71. The molecule has 1 aromatic rings. The normalized spacial score (nSPS) is 20.3. The Morgan fingerprint density at radius 2 is 2.10 bits per heavy atom. The third-order valence-corrected chi connectivity index (χ3v) is 4.18. The van der Waals surface area contributed by atoms with Gasteiger partial charge in [0.2, 0.25) is 0 Å². The SMILES string of the molecule is CC(C)Oc1cccc(C(CN)N2CCCC2(C)C)c1. The molecule has 20 heavy (non-hydrogen) atoms. The van der Waals surface area contributed by atoms with Crippen molar-refractivity contribution >= 4 is 0 Å². The van der Waals surface area contributed by atoms with E-state index in [4.69, 9.17) is 10.5 Å². The summed E-state index contributed by atoms with van der Waals surface area (Å²) in [5, 5.41) is 0. The first-order valence-corrected chi connectivity index (χ1v) is 7.67. The zero-order chi connectivity index (χ0) is 14.8. The highest BCUT2D eigenvalue weighted by Gasteiger charge is 2.36. The summed E-state index contributed by atoms with van der Waals surface area (Å²) in [5.41, 5.74) is 7.57. The summed E-state index contributed by atoms with van der Waals surface area (Å²) in [4.78, 5) is 2.54. The molecule has 0 aliphatic carbocycles. The molecule has 1 aliphatic rings. The third-order valence-electron chi connectivity index (χ3n) is 4.18. The fraction of sp³-hybridized carbons (Fsp3) is 0.647. The second-order valence-electron chi connectivity index (χ2n) is 6.60. The Bertz CT molecular complexity index is 442. The molecule has 112 valence electrons. The number of nitrogens with two attached hydrogens (primary N) is 1. The summed E-state index contributed by atoms with van der Waals surface area (Å²) >= 11 is 0. The van der Waals surface area contributed by atoms with Gasteiger partial charge in [0.05, 0.1) is 6.10 Å². The molecule has 1 atom stereocenters. The van der Waals surface area contributed by atoms with E-state index in [-0.39, 0.29) is 17.7 Å². The molecule has 0 saturated carbocycles. The van der Waals surface area contributed by atoms with E-state index in [9.17, 15) is 0 Å². The second-order valence-corrected chi connectivity index (χ2v) is 6.60. The third kappa shape index (κ3) is 3.33. The highest BCUT2D eigenvalue weighted by Crippen LogP contribution is 2.36. The van der Waals surface area contributed by atoms with E-state index in [0.29, 0.717) is 6.54 Å². The summed E-state index contributed by atoms with van der Waals surface area (Å²) in [6.07, 6.45) is 2.70. The van der Waals surface area contributed by atoms with Crippen LogP contribution >= 0.6 is 0 Å². The second kappa shape index (κ2) is 6.15. The molecule has 1 heterocycles. The Labute approximate surface area is 123 Å². The molecule has 1 aromatic carbocycles. The highest BCUT2D eigenvalue weighted by molar-refractivity contribution is 5.31. The molecule has 1 fully saturated rings. The van der Waals surface area contributed by atoms with E-state index in [2.05, 4.69) is 50.8 Å². The van der Waals surface area contributed by atoms with Crippen molar-refractivity contribution in [1.29, 1.82) is 0 Å². The average Bonchev–Trinajstić information content (AvgIpc) is 2.70. The molecule has 0 amide bonds. The van der Waals surface area contributed by atoms with Crippen LogP contribution in [-0.4, -0.2) is 29.6 Å². The van der Waals surface area contributed by atoms with Gasteiger partial charge < -0.3 is 10.5 Å². The van der Waals surface area contributed by atoms with Crippen LogP contribution in [0.5, 0.6) is 5.75 Å². The van der Waals surface area contributed by atoms with Gasteiger partial charge in [0.1, 0.15) is 5.75 Å². The summed E-state index contributed by atoms with van der Waals surface area (Å²) in [5.74, 6) is 0.938. The van der Waals surface area contributed by atoms with Gasteiger partial charge in [-0.25, -0.2) is 0 Å². The average molecular weight is 276 g/mol. The van der Waals surface area contributed by atoms with Crippen LogP contribution in [0.2, 0.25) is 0 Å². The smallest absolute Gasteiger partial charge is 0.120 e. The number of nitrogens with zero attached hydrogens (tertiary/aromatic N) is 1. The fourth-order valence-corrected chi connectivity index (χ4v) is 3.22. The zero-order valence-corrected chi connectivity index (χ0v) is 13.2. The van der Waals surface area contributed by atoms with Crippen molar-refractivity contribution in [3.63, 3.8) is 0 Å². The maximum atomic E-state index is 6.07. The van der Waals surface area contributed by atoms with Gasteiger partial charge in [-0.3, -0.25) is 4.90 Å². The Morgan fingerprint density at radius 3 is 2.65 bits per heavy atom. The van der Waals surface area contributed by atoms with Crippen LogP contribution in [-0.2, 0) is 0 Å². The largest absolute Gasteiger partial charge is 0.491 e. The van der Waals surface area contributed by atoms with Crippen molar-refractivity contribution in [3.8, 4) is 5.75 Å². The topological polar surface area (TPSA) is 38.5 Å². The van der Waals surface area contributed by atoms with Gasteiger partial charge in [-0.05, 0) is 64.8 Å². The Morgan fingerprint density at radius 1 is 1.35 bits per heavy atom. The quantitative estimate of drug-likeness (QED) is 0.896. The van der Waals surface area contributed by atoms with Gasteiger partial charge in [-0.15, -0.1) is 0 Å². The van der Waals surface area contributed by atoms with Crippen LogP contribution < -0.4 is 10.5 Å². The van der Waals surface area contributed by atoms with E-state index in [1.54, 1.807) is 0 Å². The first-order chi connectivity index (χ1) is 9.44. The van der Waals surface area contributed by atoms with Gasteiger partial charge in [-0.2, -0.15) is 0 Å². The van der Waals surface area contributed by atoms with Crippen molar-refractivity contribution in [3.05, 3.63) is 29.8 Å². The summed E-state index contributed by atoms with van der Waals surface area (Å²) in [6, 6.07) is 8.68. The first kappa shape index (κ1) is 15.3. The van der Waals surface area contributed by atoms with Crippen LogP contribution in [0.3, 0.4) is 0 Å². The van der Waals surface area contributed by atoms with Crippen molar-refractivity contribution in [2.24, 2.45) is 5.73 Å². The van der Waals surface area contributed by atoms with Crippen molar-refractivity contribution in [2.45, 2.75) is 58.2 Å². The molecule has 0 radical (unpaired) electrons. The molecule has 0 aromatic heterocycles. The Balaban J connectivity index is 2.23. The predicted molar refractivity (Wildman–Crippen MR) is 84.0 cm³/mol. The summed E-state index contributed by atoms with van der Waals surface area (Å²) in [7, 11) is 0. The molecular formula is C17H28N2O. The summed E-state index contributed by atoms with van der Waals surface area (Å²) in [6.45, 7) is 10.5. The molecule has 3 heteroatoms. The number of benzene rings is 1. The standard InChI is InChI=1S/C17H28N2O/c1-13(2)20-15-8-5-7-14(11-15)16(12-18)19-10-6-9-17(19,3)4/h5,7-8,11,13,16H,6,9-10,12,18H2,1-4H3. The monoisotopic (exact) mass is 276 g/mol. The number of hydrogen-bond acceptors (Lipinski definition) is 3. The highest BCUT2D eigenvalue weighted by atomic mass is 16.5. The fourth-order valence-electron chi connectivity index (χ4n) is 3.22. The maximum Gasteiger partial charge on any atom is 0.120 e. The first-order valence-electron chi connectivity index (χ1n) is 7.67. The van der Waals surface area contributed by atoms with E-state index in [0.717, 1.165) is 12.3 Å². The maximum absolute atomic E-state index is 6.07. The van der Waals surface area contributed by atoms with Crippen LogP contribution in [0, 0.1) is 0 Å². The molecule has 0 bridgehead atoms. The minimum absolute atomic E-state index is 0.199. The number of ether oxygens (including phenoxy) is 1. The van der Waals surface area contributed by atoms with Gasteiger partial charge in [-0.1, -0.05) is 12.1 Å². The zero-order valence-electron chi connectivity index (χ0n) is 13.2. The lowest BCUT2D eigenvalue weighted by atomic mass is 9.97. The van der Waals surface area contributed by atoms with E-state index < -0.39 is 0 Å². The van der Waals surface area contributed by atoms with Gasteiger partial charge in [0.15, 0.2) is 0 Å². The Hall–Kier alpha value is -1.06. The molecular weight excluding hydrogens is 248 g/mol. The van der Waals surface area contributed by atoms with E-state index in [1.165, 1.54) is 18.4 Å². The van der Waals surface area contributed by atoms with Crippen LogP contribution in [0.4, 0.5) is 0 Å². The van der Waals surface area contributed by atoms with E-state index in [1.807, 2.05) is 6.07 Å². The van der Waals surface area contributed by atoms with Crippen molar-refractivity contribution in [2.75, 3.05) is 13.1 Å². The number of likely N-dealkylation sites (tertiary alicyclic amines) is 1. The molecule has 0 spiro atoms. The van der Waals surface area contributed by atoms with Gasteiger partial charge >= 0.3 is 0 Å². The minimum Gasteiger partial charge on any atom is -0.491 e. The predicted octanol–water partition coefficient (Wildman–Crippen LogP) is 3.35. The lowest BCUT2D eigenvalue weighted by Crippen LogP contribution is -2.43. The molecule has 3 nitrogen and oxygen atoms in total. The summed E-state index contributed by atoms with van der Waals surface area (Å²) < 4.78 is 5.80. The number of rotatable bonds is 5. The molecule has 1 unspecified atom stereocenters. The van der Waals surface area contributed by atoms with Gasteiger partial charge in [0, 0.05) is 18.1 Å². The van der Waals surface area contributed by atoms with Crippen molar-refractivity contribution in [1.82, 2.24) is 4.90 Å². The van der Waals surface area contributed by atoms with E-state index >= 15 is 0 Å². The molecule has 2 N–H and O–H groups in total. The minimum atomic E-state index is 0.199. The lowest BCUT2D eigenvalue weighted by Gasteiger charge is -2.38. The molecule has 1 saturated heterocycles. The molecule has 2 rings (SSSR count). The van der Waals surface area contributed by atoms with Crippen molar-refractivity contribution < 1.29 is 4.74 Å². The lowest BCUT2D eigenvalue weighted by molar-refractivity contribution is 0.119.